The van der Waals surface area contributed by atoms with Crippen molar-refractivity contribution in [2.75, 3.05) is 12.4 Å². The first kappa shape index (κ1) is 13.0. The van der Waals surface area contributed by atoms with Crippen molar-refractivity contribution < 1.29 is 9.53 Å². The maximum atomic E-state index is 12.1. The van der Waals surface area contributed by atoms with Crippen LogP contribution in [0.3, 0.4) is 0 Å². The summed E-state index contributed by atoms with van der Waals surface area (Å²) in [4.78, 5) is 12.1. The Morgan fingerprint density at radius 1 is 1.15 bits per heavy atom. The zero-order valence-corrected chi connectivity index (χ0v) is 12.4. The van der Waals surface area contributed by atoms with Crippen LogP contribution in [0.25, 0.3) is 0 Å². The summed E-state index contributed by atoms with van der Waals surface area (Å²) >= 11 is 3.46. The largest absolute Gasteiger partial charge is 0.496 e. The molecule has 0 bridgehead atoms. The van der Waals surface area contributed by atoms with Crippen molar-refractivity contribution >= 4 is 27.5 Å². The second-order valence-electron chi connectivity index (χ2n) is 4.49. The number of rotatable bonds is 2. The van der Waals surface area contributed by atoms with Gasteiger partial charge in [-0.1, -0.05) is 18.2 Å². The second-order valence-corrected chi connectivity index (χ2v) is 5.34. The SMILES string of the molecule is COc1ccc([C@@H]2NC(=O)c3ccccc3N2)cc1Br. The number of benzene rings is 2. The van der Waals surface area contributed by atoms with Crippen molar-refractivity contribution in [3.05, 3.63) is 58.1 Å². The van der Waals surface area contributed by atoms with Gasteiger partial charge in [0.2, 0.25) is 0 Å². The topological polar surface area (TPSA) is 50.4 Å². The van der Waals surface area contributed by atoms with Gasteiger partial charge in [0.1, 0.15) is 11.9 Å². The smallest absolute Gasteiger partial charge is 0.255 e. The van der Waals surface area contributed by atoms with E-state index in [1.54, 1.807) is 13.2 Å². The van der Waals surface area contributed by atoms with E-state index in [1.165, 1.54) is 0 Å². The first-order valence-corrected chi connectivity index (χ1v) is 6.98. The van der Waals surface area contributed by atoms with Crippen LogP contribution >= 0.6 is 15.9 Å². The number of hydrogen-bond donors (Lipinski definition) is 2. The maximum absolute atomic E-state index is 12.1. The van der Waals surface area contributed by atoms with Crippen LogP contribution in [0.4, 0.5) is 5.69 Å². The third-order valence-corrected chi connectivity index (χ3v) is 3.88. The van der Waals surface area contributed by atoms with E-state index in [-0.39, 0.29) is 12.1 Å². The molecule has 102 valence electrons. The molecule has 1 aliphatic heterocycles. The molecule has 20 heavy (non-hydrogen) atoms. The van der Waals surface area contributed by atoms with Crippen LogP contribution in [0, 0.1) is 0 Å². The first-order valence-electron chi connectivity index (χ1n) is 6.19. The quantitative estimate of drug-likeness (QED) is 0.887. The number of hydrogen-bond acceptors (Lipinski definition) is 3. The zero-order valence-electron chi connectivity index (χ0n) is 10.8. The highest BCUT2D eigenvalue weighted by atomic mass is 79.9. The molecule has 4 nitrogen and oxygen atoms in total. The molecule has 1 heterocycles. The lowest BCUT2D eigenvalue weighted by atomic mass is 10.1. The fourth-order valence-electron chi connectivity index (χ4n) is 2.24. The number of halogens is 1. The number of fused-ring (bicyclic) bond motifs is 1. The zero-order chi connectivity index (χ0) is 14.1. The van der Waals surface area contributed by atoms with Crippen LogP contribution in [0.1, 0.15) is 22.1 Å². The molecule has 1 atom stereocenters. The average molecular weight is 333 g/mol. The molecule has 1 amide bonds. The van der Waals surface area contributed by atoms with Crippen molar-refractivity contribution in [1.29, 1.82) is 0 Å². The van der Waals surface area contributed by atoms with Crippen LogP contribution in [0.5, 0.6) is 5.75 Å². The molecule has 0 saturated carbocycles. The normalized spacial score (nSPS) is 16.9. The first-order chi connectivity index (χ1) is 9.69. The summed E-state index contributed by atoms with van der Waals surface area (Å²) in [5, 5.41) is 6.26. The standard InChI is InChI=1S/C15H13BrN2O2/c1-20-13-7-6-9(8-11(13)16)14-17-12-5-3-2-4-10(12)15(19)18-14/h2-8,14,17H,1H3,(H,18,19)/t14-/m0/s1. The number of carbonyl (C=O) groups is 1. The molecule has 0 spiro atoms. The van der Waals surface area contributed by atoms with E-state index in [2.05, 4.69) is 26.6 Å². The van der Waals surface area contributed by atoms with Gasteiger partial charge in [0, 0.05) is 5.69 Å². The molecule has 2 aromatic carbocycles. The Morgan fingerprint density at radius 2 is 1.95 bits per heavy atom. The number of anilines is 1. The molecule has 0 unspecified atom stereocenters. The van der Waals surface area contributed by atoms with Crippen molar-refractivity contribution in [1.82, 2.24) is 5.32 Å². The fourth-order valence-corrected chi connectivity index (χ4v) is 2.79. The Bertz CT molecular complexity index is 673. The van der Waals surface area contributed by atoms with Crippen molar-refractivity contribution in [3.63, 3.8) is 0 Å². The summed E-state index contributed by atoms with van der Waals surface area (Å²) in [7, 11) is 1.62. The van der Waals surface area contributed by atoms with Gasteiger partial charge in [0.05, 0.1) is 17.1 Å². The van der Waals surface area contributed by atoms with Gasteiger partial charge in [-0.3, -0.25) is 4.79 Å². The van der Waals surface area contributed by atoms with E-state index in [0.717, 1.165) is 21.5 Å². The molecule has 5 heteroatoms. The third kappa shape index (κ3) is 2.25. The molecule has 0 aliphatic carbocycles. The molecule has 0 aromatic heterocycles. The van der Waals surface area contributed by atoms with Gasteiger partial charge in [-0.2, -0.15) is 0 Å². The number of amides is 1. The molecule has 2 aromatic rings. The van der Waals surface area contributed by atoms with Crippen LogP contribution in [0.2, 0.25) is 0 Å². The van der Waals surface area contributed by atoms with Gasteiger partial charge in [-0.05, 0) is 45.8 Å². The summed E-state index contributed by atoms with van der Waals surface area (Å²) in [6.07, 6.45) is -0.250. The van der Waals surface area contributed by atoms with Gasteiger partial charge in [-0.25, -0.2) is 0 Å². The molecular weight excluding hydrogens is 320 g/mol. The van der Waals surface area contributed by atoms with Crippen molar-refractivity contribution in [2.24, 2.45) is 0 Å². The van der Waals surface area contributed by atoms with E-state index < -0.39 is 0 Å². The van der Waals surface area contributed by atoms with Gasteiger partial charge in [0.15, 0.2) is 0 Å². The molecule has 2 N–H and O–H groups in total. The van der Waals surface area contributed by atoms with Crippen molar-refractivity contribution in [3.8, 4) is 5.75 Å². The Morgan fingerprint density at radius 3 is 2.70 bits per heavy atom. The van der Waals surface area contributed by atoms with E-state index in [9.17, 15) is 4.79 Å². The van der Waals surface area contributed by atoms with E-state index >= 15 is 0 Å². The summed E-state index contributed by atoms with van der Waals surface area (Å²) in [5.74, 6) is 0.688. The van der Waals surface area contributed by atoms with Gasteiger partial charge >= 0.3 is 0 Å². The highest BCUT2D eigenvalue weighted by molar-refractivity contribution is 9.10. The van der Waals surface area contributed by atoms with Crippen LogP contribution in [-0.2, 0) is 0 Å². The molecular formula is C15H13BrN2O2. The minimum absolute atomic E-state index is 0.0729. The molecule has 1 aliphatic rings. The lowest BCUT2D eigenvalue weighted by molar-refractivity contribution is 0.0935. The lowest BCUT2D eigenvalue weighted by Crippen LogP contribution is -2.38. The van der Waals surface area contributed by atoms with E-state index in [0.29, 0.717) is 5.56 Å². The van der Waals surface area contributed by atoms with Crippen molar-refractivity contribution in [2.45, 2.75) is 6.17 Å². The predicted molar refractivity (Wildman–Crippen MR) is 81.0 cm³/mol. The maximum Gasteiger partial charge on any atom is 0.255 e. The number of nitrogens with one attached hydrogen (secondary N) is 2. The predicted octanol–water partition coefficient (Wildman–Crippen LogP) is 3.31. The minimum Gasteiger partial charge on any atom is -0.496 e. The van der Waals surface area contributed by atoms with E-state index in [4.69, 9.17) is 4.74 Å². The monoisotopic (exact) mass is 332 g/mol. The summed E-state index contributed by atoms with van der Waals surface area (Å²) in [6.45, 7) is 0. The number of carbonyl (C=O) groups excluding carboxylic acids is 1. The second kappa shape index (κ2) is 5.17. The van der Waals surface area contributed by atoms with Crippen LogP contribution in [-0.4, -0.2) is 13.0 Å². The van der Waals surface area contributed by atoms with E-state index in [1.807, 2.05) is 36.4 Å². The minimum atomic E-state index is -0.250. The average Bonchev–Trinajstić information content (AvgIpc) is 2.47. The number of para-hydroxylation sites is 1. The molecule has 3 rings (SSSR count). The Labute approximate surface area is 125 Å². The van der Waals surface area contributed by atoms with Crippen LogP contribution < -0.4 is 15.4 Å². The molecule has 0 radical (unpaired) electrons. The summed E-state index contributed by atoms with van der Waals surface area (Å²) < 4.78 is 6.06. The highest BCUT2D eigenvalue weighted by Gasteiger charge is 2.24. The lowest BCUT2D eigenvalue weighted by Gasteiger charge is -2.28. The Balaban J connectivity index is 1.94. The van der Waals surface area contributed by atoms with Crippen LogP contribution in [0.15, 0.2) is 46.9 Å². The Hall–Kier alpha value is -2.01. The summed E-state index contributed by atoms with van der Waals surface area (Å²) in [5.41, 5.74) is 2.46. The highest BCUT2D eigenvalue weighted by Crippen LogP contribution is 2.31. The van der Waals surface area contributed by atoms with Gasteiger partial charge in [0.25, 0.3) is 5.91 Å². The van der Waals surface area contributed by atoms with Gasteiger partial charge in [-0.15, -0.1) is 0 Å². The third-order valence-electron chi connectivity index (χ3n) is 3.26. The number of ether oxygens (including phenoxy) is 1. The Kier molecular flexibility index (Phi) is 3.36. The summed E-state index contributed by atoms with van der Waals surface area (Å²) in [6, 6.07) is 13.2. The van der Waals surface area contributed by atoms with Gasteiger partial charge < -0.3 is 15.4 Å². The number of methoxy groups -OCH3 is 1. The fraction of sp³-hybridized carbons (Fsp3) is 0.133. The molecule has 0 saturated heterocycles. The molecule has 0 fully saturated rings.